The van der Waals surface area contributed by atoms with Crippen molar-refractivity contribution >= 4 is 28.4 Å². The molecule has 0 atom stereocenters. The Bertz CT molecular complexity index is 2610. The molecule has 0 aromatic heterocycles. The molecule has 0 amide bonds. The fourth-order valence-corrected chi connectivity index (χ4v) is 10.6. The molecular weight excluding hydrogens is 960 g/mol. The molecule has 0 heterocycles. The molecular formula is C70H84SiZr-4. The van der Waals surface area contributed by atoms with E-state index in [1.807, 2.05) is 0 Å². The topological polar surface area (TPSA) is 0 Å². The van der Waals surface area contributed by atoms with Crippen molar-refractivity contribution in [3.05, 3.63) is 194 Å². The molecule has 0 saturated heterocycles. The van der Waals surface area contributed by atoms with E-state index in [1.54, 1.807) is 0 Å². The summed E-state index contributed by atoms with van der Waals surface area (Å²) in [6.07, 6.45) is 10.8. The second kappa shape index (κ2) is 23.0. The Morgan fingerprint density at radius 3 is 0.833 bits per heavy atom. The Kier molecular flexibility index (Phi) is 18.2. The molecule has 0 unspecified atom stereocenters. The van der Waals surface area contributed by atoms with E-state index >= 15 is 0 Å². The quantitative estimate of drug-likeness (QED) is 0.105. The first-order valence-electron chi connectivity index (χ1n) is 26.3. The van der Waals surface area contributed by atoms with Crippen LogP contribution in [0.4, 0.5) is 0 Å². The van der Waals surface area contributed by atoms with Gasteiger partial charge in [-0.1, -0.05) is 276 Å². The summed E-state index contributed by atoms with van der Waals surface area (Å²) in [5.41, 5.74) is 19.9. The predicted octanol–water partition coefficient (Wildman–Crippen LogP) is 20.2. The van der Waals surface area contributed by atoms with E-state index < -0.39 is 0 Å². The molecule has 2 aliphatic carbocycles. The van der Waals surface area contributed by atoms with Crippen LogP contribution in [0.1, 0.15) is 155 Å². The van der Waals surface area contributed by atoms with E-state index in [-0.39, 0.29) is 36.5 Å². The van der Waals surface area contributed by atoms with Crippen molar-refractivity contribution in [3.63, 3.8) is 0 Å². The number of rotatable bonds is 8. The summed E-state index contributed by atoms with van der Waals surface area (Å²) < 4.78 is 0. The van der Waals surface area contributed by atoms with Gasteiger partial charge in [0.05, 0.1) is 0 Å². The van der Waals surface area contributed by atoms with Crippen LogP contribution in [0.25, 0.3) is 66.1 Å². The Hall–Kier alpha value is -4.36. The van der Waals surface area contributed by atoms with Crippen LogP contribution in [0.3, 0.4) is 0 Å². The van der Waals surface area contributed by atoms with Gasteiger partial charge in [-0.2, -0.15) is 12.1 Å². The normalized spacial score (nSPS) is 14.2. The van der Waals surface area contributed by atoms with Gasteiger partial charge in [0, 0.05) is 0 Å². The molecule has 2 saturated carbocycles. The van der Waals surface area contributed by atoms with E-state index in [0.29, 0.717) is 0 Å². The van der Waals surface area contributed by atoms with E-state index in [1.165, 1.54) is 174 Å². The van der Waals surface area contributed by atoms with E-state index in [9.17, 15) is 0 Å². The van der Waals surface area contributed by atoms with Crippen molar-refractivity contribution < 1.29 is 23.3 Å². The zero-order valence-electron chi connectivity index (χ0n) is 46.7. The van der Waals surface area contributed by atoms with Gasteiger partial charge in [0.2, 0.25) is 0 Å². The van der Waals surface area contributed by atoms with Gasteiger partial charge < -0.3 is 14.9 Å². The average Bonchev–Trinajstić information content (AvgIpc) is 3.93. The van der Waals surface area contributed by atoms with Gasteiger partial charge in [-0.25, -0.2) is 0 Å². The molecule has 2 fully saturated rings. The van der Waals surface area contributed by atoms with Gasteiger partial charge in [-0.15, -0.1) is 44.8 Å². The Balaban J connectivity index is 0.000000222. The SMILES string of the molecule is CC(C)(C)c1ccc(-c2ccc(-c3ccc(C(C)(C)C)cc3)c3[cH-]c(CC4CCC4)cc23)cc1.CC(C)(C)c1ccc(-c2ccc(-c3ccc(C(C)(C)C)cc3)c3[cH-]c(CC4CCC4)cc23)cc1.[CH3-].[CH3-].[Si]=[Zr]. The maximum atomic E-state index is 3.06. The molecule has 2 heteroatoms. The zero-order chi connectivity index (χ0) is 50.2. The first kappa shape index (κ1) is 56.9. The summed E-state index contributed by atoms with van der Waals surface area (Å²) in [5.74, 6) is 1.75. The first-order valence-corrected chi connectivity index (χ1v) is 30.5. The summed E-state index contributed by atoms with van der Waals surface area (Å²) in [6, 6.07) is 56.2. The third-order valence-electron chi connectivity index (χ3n) is 15.6. The molecule has 8 aromatic carbocycles. The fraction of sp³-hybridized carbons (Fsp3) is 0.371. The summed E-state index contributed by atoms with van der Waals surface area (Å²) in [5, 5.41) is 5.59. The maximum absolute atomic E-state index is 3.06. The van der Waals surface area contributed by atoms with Gasteiger partial charge in [-0.05, 0) is 79.7 Å². The molecule has 0 bridgehead atoms. The molecule has 10 rings (SSSR count). The van der Waals surface area contributed by atoms with Crippen molar-refractivity contribution in [1.29, 1.82) is 0 Å². The summed E-state index contributed by atoms with van der Waals surface area (Å²) >= 11 is 1.36. The predicted molar refractivity (Wildman–Crippen MR) is 316 cm³/mol. The van der Waals surface area contributed by atoms with E-state index in [4.69, 9.17) is 0 Å². The van der Waals surface area contributed by atoms with Crippen LogP contribution >= 0.6 is 0 Å². The van der Waals surface area contributed by atoms with Crippen LogP contribution in [0.15, 0.2) is 146 Å². The van der Waals surface area contributed by atoms with Gasteiger partial charge in [-0.3, -0.25) is 0 Å². The van der Waals surface area contributed by atoms with E-state index in [2.05, 4.69) is 236 Å². The summed E-state index contributed by atoms with van der Waals surface area (Å²) in [7, 11) is 0. The van der Waals surface area contributed by atoms with Crippen molar-refractivity contribution in [2.75, 3.05) is 0 Å². The second-order valence-electron chi connectivity index (χ2n) is 25.0. The second-order valence-corrected chi connectivity index (χ2v) is 25.0. The van der Waals surface area contributed by atoms with Gasteiger partial charge in [0.15, 0.2) is 0 Å². The van der Waals surface area contributed by atoms with Crippen LogP contribution in [-0.4, -0.2) is 6.88 Å². The Morgan fingerprint density at radius 1 is 0.375 bits per heavy atom. The monoisotopic (exact) mass is 1040 g/mol. The molecule has 0 aliphatic heterocycles. The summed E-state index contributed by atoms with van der Waals surface area (Å²) in [6.45, 7) is 30.4. The van der Waals surface area contributed by atoms with Gasteiger partial charge in [0.25, 0.3) is 0 Å². The minimum absolute atomic E-state index is 0. The van der Waals surface area contributed by atoms with Crippen molar-refractivity contribution in [2.45, 2.75) is 156 Å². The van der Waals surface area contributed by atoms with Crippen LogP contribution in [0.2, 0.25) is 0 Å². The van der Waals surface area contributed by atoms with Gasteiger partial charge >= 0.3 is 30.2 Å². The first-order chi connectivity index (χ1) is 33.2. The minimum atomic E-state index is 0. The third-order valence-corrected chi connectivity index (χ3v) is 15.6. The van der Waals surface area contributed by atoms with E-state index in [0.717, 1.165) is 11.8 Å². The molecule has 2 radical (unpaired) electrons. The van der Waals surface area contributed by atoms with Crippen LogP contribution in [-0.2, 0) is 57.8 Å². The standard InChI is InChI=1S/2C34H39.2CH3.Si.Zr/c2*1-33(2,3)27-14-10-25(11-15-27)29-18-19-30(26-12-16-28(17-13-26)34(4,5)6)32-22-24(21-31(29)32)20-23-8-7-9-23;;;;/h2*10-19,21-23H,7-9,20H2,1-6H3;2*1H3;;/q4*-1;;. The summed E-state index contributed by atoms with van der Waals surface area (Å²) in [4.78, 5) is 0. The van der Waals surface area contributed by atoms with Crippen molar-refractivity contribution in [1.82, 2.24) is 0 Å². The van der Waals surface area contributed by atoms with Crippen LogP contribution in [0.5, 0.6) is 0 Å². The third kappa shape index (κ3) is 12.9. The molecule has 376 valence electrons. The molecule has 0 N–H and O–H groups in total. The fourth-order valence-electron chi connectivity index (χ4n) is 10.6. The Labute approximate surface area is 454 Å². The van der Waals surface area contributed by atoms with Crippen LogP contribution < -0.4 is 0 Å². The molecule has 0 spiro atoms. The van der Waals surface area contributed by atoms with Gasteiger partial charge in [0.1, 0.15) is 0 Å². The molecule has 0 nitrogen and oxygen atoms in total. The van der Waals surface area contributed by atoms with Crippen molar-refractivity contribution in [2.24, 2.45) is 11.8 Å². The molecule has 2 aliphatic rings. The van der Waals surface area contributed by atoms with Crippen molar-refractivity contribution in [3.8, 4) is 44.5 Å². The number of benzene rings is 6. The van der Waals surface area contributed by atoms with Crippen LogP contribution in [0, 0.1) is 26.7 Å². The number of fused-ring (bicyclic) bond motifs is 2. The molecule has 8 aromatic rings. The number of hydrogen-bond acceptors (Lipinski definition) is 0. The number of hydrogen-bond donors (Lipinski definition) is 0. The Morgan fingerprint density at radius 2 is 0.611 bits per heavy atom. The average molecular weight is 1040 g/mol. The molecule has 72 heavy (non-hydrogen) atoms. The zero-order valence-corrected chi connectivity index (χ0v) is 50.1.